The molecule has 2 unspecified atom stereocenters. The van der Waals surface area contributed by atoms with Crippen LogP contribution in [0.3, 0.4) is 0 Å². The second kappa shape index (κ2) is 14.9. The van der Waals surface area contributed by atoms with E-state index in [1.54, 1.807) is 9.80 Å². The van der Waals surface area contributed by atoms with Gasteiger partial charge in [0.2, 0.25) is 7.37 Å². The Labute approximate surface area is 196 Å². The van der Waals surface area contributed by atoms with E-state index in [4.69, 9.17) is 5.11 Å². The average Bonchev–Trinajstić information content (AvgIpc) is 2.76. The summed E-state index contributed by atoms with van der Waals surface area (Å²) in [6, 6.07) is 0. The zero-order chi connectivity index (χ0) is 25.0. The third kappa shape index (κ3) is 14.6. The van der Waals surface area contributed by atoms with Crippen molar-refractivity contribution >= 4 is 32.9 Å². The molecule has 0 saturated carbocycles. The maximum absolute atomic E-state index is 12.6. The molecule has 1 heterocycles. The van der Waals surface area contributed by atoms with Gasteiger partial charge in [-0.25, -0.2) is 0 Å². The number of rotatable bonds is 14. The molecule has 2 atom stereocenters. The maximum atomic E-state index is 12.6. The van der Waals surface area contributed by atoms with Crippen molar-refractivity contribution in [1.29, 1.82) is 0 Å². The van der Waals surface area contributed by atoms with Crippen LogP contribution in [-0.2, 0) is 23.5 Å². The van der Waals surface area contributed by atoms with Crippen molar-refractivity contribution in [2.75, 3.05) is 70.7 Å². The van der Waals surface area contributed by atoms with E-state index in [2.05, 4.69) is 0 Å². The van der Waals surface area contributed by atoms with Crippen molar-refractivity contribution in [3.05, 3.63) is 0 Å². The third-order valence-electron chi connectivity index (χ3n) is 5.29. The van der Waals surface area contributed by atoms with Crippen LogP contribution in [0.25, 0.3) is 0 Å². The van der Waals surface area contributed by atoms with Crippen LogP contribution >= 0.6 is 15.2 Å². The highest BCUT2D eigenvalue weighted by atomic mass is 31.2. The first kappa shape index (κ1) is 29.8. The predicted octanol–water partition coefficient (Wildman–Crippen LogP) is 1.48. The van der Waals surface area contributed by atoms with E-state index in [1.165, 1.54) is 0 Å². The molecule has 11 nitrogen and oxygen atoms in total. The van der Waals surface area contributed by atoms with Gasteiger partial charge in [-0.3, -0.25) is 33.6 Å². The molecule has 1 aliphatic heterocycles. The van der Waals surface area contributed by atoms with E-state index in [1.807, 2.05) is 18.7 Å². The fraction of sp³-hybridized carbons (Fsp3) is 0.850. The zero-order valence-corrected chi connectivity index (χ0v) is 21.4. The fourth-order valence-corrected chi connectivity index (χ4v) is 6.53. The smallest absolute Gasteiger partial charge is 0.354 e. The molecule has 1 fully saturated rings. The minimum Gasteiger partial charge on any atom is -0.481 e. The van der Waals surface area contributed by atoms with E-state index in [9.17, 15) is 33.5 Å². The summed E-state index contributed by atoms with van der Waals surface area (Å²) in [6.07, 6.45) is 0.429. The van der Waals surface area contributed by atoms with E-state index >= 15 is 0 Å². The predicted molar refractivity (Wildman–Crippen MR) is 125 cm³/mol. The van der Waals surface area contributed by atoms with Crippen LogP contribution in [0.4, 0.5) is 0 Å². The number of carboxylic acids is 2. The van der Waals surface area contributed by atoms with Crippen LogP contribution < -0.4 is 0 Å². The van der Waals surface area contributed by atoms with Gasteiger partial charge in [0.1, 0.15) is 5.78 Å². The monoisotopic (exact) mass is 510 g/mol. The summed E-state index contributed by atoms with van der Waals surface area (Å²) in [7, 11) is -5.34. The second-order valence-electron chi connectivity index (χ2n) is 8.99. The summed E-state index contributed by atoms with van der Waals surface area (Å²) in [5.74, 6) is -1.76. The van der Waals surface area contributed by atoms with E-state index in [-0.39, 0.29) is 43.4 Å². The molecule has 3 N–H and O–H groups in total. The average molecular weight is 510 g/mol. The molecule has 0 amide bonds. The molecular weight excluding hydrogens is 472 g/mol. The first-order valence-corrected chi connectivity index (χ1v) is 14.9. The number of carboxylic acid groups (broad SMARTS) is 2. The number of nitrogens with zero attached hydrogens (tertiary/aromatic N) is 3. The first-order chi connectivity index (χ1) is 15.4. The number of carbonyl (C=O) groups is 3. The zero-order valence-electron chi connectivity index (χ0n) is 19.6. The summed E-state index contributed by atoms with van der Waals surface area (Å²) in [4.78, 5) is 49.5. The topological polar surface area (TPSA) is 156 Å². The quantitative estimate of drug-likeness (QED) is 0.291. The number of Topliss-reactive ketones (excluding diaryl/α,β-unsaturated/α-hetero) is 1. The fourth-order valence-electron chi connectivity index (χ4n) is 3.57. The van der Waals surface area contributed by atoms with Gasteiger partial charge in [0, 0.05) is 51.9 Å². The van der Waals surface area contributed by atoms with Gasteiger partial charge in [0.05, 0.1) is 25.7 Å². The third-order valence-corrected chi connectivity index (χ3v) is 8.49. The summed E-state index contributed by atoms with van der Waals surface area (Å²) in [5.41, 5.74) is 0. The lowest BCUT2D eigenvalue weighted by Gasteiger charge is -2.26. The van der Waals surface area contributed by atoms with Gasteiger partial charge in [-0.1, -0.05) is 18.4 Å². The molecule has 0 aromatic rings. The van der Waals surface area contributed by atoms with Crippen molar-refractivity contribution in [2.24, 2.45) is 5.92 Å². The minimum absolute atomic E-state index is 0.0942. The maximum Gasteiger partial charge on any atom is 0.354 e. The van der Waals surface area contributed by atoms with E-state index in [0.717, 1.165) is 0 Å². The van der Waals surface area contributed by atoms with E-state index < -0.39 is 33.5 Å². The van der Waals surface area contributed by atoms with Crippen LogP contribution in [0.2, 0.25) is 0 Å². The molecular formula is C20H38N3O8P2+. The van der Waals surface area contributed by atoms with Crippen molar-refractivity contribution in [2.45, 2.75) is 33.1 Å². The number of aliphatic carboxylic acids is 2. The van der Waals surface area contributed by atoms with Crippen LogP contribution in [0.1, 0.15) is 33.1 Å². The lowest BCUT2D eigenvalue weighted by molar-refractivity contribution is -0.138. The molecule has 0 aromatic heterocycles. The van der Waals surface area contributed by atoms with Gasteiger partial charge in [-0.05, 0) is 5.92 Å². The highest BCUT2D eigenvalue weighted by molar-refractivity contribution is 7.57. The first-order valence-electron chi connectivity index (χ1n) is 11.2. The summed E-state index contributed by atoms with van der Waals surface area (Å²) < 4.78 is 25.1. The minimum atomic E-state index is -3.69. The molecule has 1 rings (SSSR count). The Morgan fingerprint density at radius 3 is 1.97 bits per heavy atom. The Balaban J connectivity index is 2.75. The molecule has 0 aromatic carbocycles. The van der Waals surface area contributed by atoms with Crippen LogP contribution in [0, 0.1) is 5.92 Å². The van der Waals surface area contributed by atoms with Crippen molar-refractivity contribution in [1.82, 2.24) is 14.7 Å². The number of carbonyl (C=O) groups excluding carboxylic acids is 1. The lowest BCUT2D eigenvalue weighted by atomic mass is 10.1. The summed E-state index contributed by atoms with van der Waals surface area (Å²) in [6.45, 7) is 6.33. The standard InChI is InChI=1S/C20H37N3O8P2/c1-17(2)13-18(24)3-11-32(29)15-22-7-5-21(14-20(27)28)6-9-23(10-8-22)16-33(30,31)12-4-19(25)26/h17H,3-16H2,1-2H3,(H2-,25,26,27,28,30,31)/p+1. The highest BCUT2D eigenvalue weighted by Gasteiger charge is 2.28. The molecule has 0 radical (unpaired) electrons. The molecule has 1 saturated heterocycles. The molecule has 0 aliphatic carbocycles. The van der Waals surface area contributed by atoms with Gasteiger partial charge in [0.15, 0.2) is 12.4 Å². The highest BCUT2D eigenvalue weighted by Crippen LogP contribution is 2.41. The SMILES string of the molecule is CC(C)CC(=O)CC[P+](=O)CN1CCN(CC(=O)O)CCN(CP(=O)(O)CCC(=O)O)CC1. The number of hydrogen-bond acceptors (Lipinski definition) is 8. The Morgan fingerprint density at radius 1 is 0.909 bits per heavy atom. The summed E-state index contributed by atoms with van der Waals surface area (Å²) >= 11 is 0. The van der Waals surface area contributed by atoms with Crippen LogP contribution in [0.5, 0.6) is 0 Å². The number of hydrogen-bond donors (Lipinski definition) is 3. The summed E-state index contributed by atoms with van der Waals surface area (Å²) in [5, 5.41) is 18.0. The van der Waals surface area contributed by atoms with Crippen LogP contribution in [-0.4, -0.2) is 118 Å². The molecule has 1 aliphatic rings. The number of ketones is 1. The van der Waals surface area contributed by atoms with Crippen molar-refractivity contribution in [3.8, 4) is 0 Å². The second-order valence-corrected chi connectivity index (χ2v) is 13.1. The van der Waals surface area contributed by atoms with E-state index in [0.29, 0.717) is 51.9 Å². The Morgan fingerprint density at radius 2 is 1.45 bits per heavy atom. The molecule has 0 bridgehead atoms. The largest absolute Gasteiger partial charge is 0.481 e. The molecule has 0 spiro atoms. The molecule has 33 heavy (non-hydrogen) atoms. The van der Waals surface area contributed by atoms with Gasteiger partial charge < -0.3 is 15.1 Å². The Kier molecular flexibility index (Phi) is 13.5. The Bertz CT molecular complexity index is 734. The normalized spacial score (nSPS) is 19.3. The lowest BCUT2D eigenvalue weighted by Crippen LogP contribution is -2.39. The van der Waals surface area contributed by atoms with Gasteiger partial charge in [-0.2, -0.15) is 0 Å². The van der Waals surface area contributed by atoms with Crippen LogP contribution in [0.15, 0.2) is 0 Å². The van der Waals surface area contributed by atoms with Gasteiger partial charge in [-0.15, -0.1) is 0 Å². The van der Waals surface area contributed by atoms with Crippen molar-refractivity contribution in [3.63, 3.8) is 0 Å². The molecule has 190 valence electrons. The Hall–Kier alpha value is -1.22. The van der Waals surface area contributed by atoms with Gasteiger partial charge in [0.25, 0.3) is 0 Å². The van der Waals surface area contributed by atoms with Crippen molar-refractivity contribution < 1.29 is 38.6 Å². The van der Waals surface area contributed by atoms with Gasteiger partial charge >= 0.3 is 19.7 Å². The molecule has 13 heteroatoms.